The molecule has 2 unspecified atom stereocenters. The summed E-state index contributed by atoms with van der Waals surface area (Å²) in [4.78, 5) is 17.2. The zero-order valence-electron chi connectivity index (χ0n) is 11.0. The molecule has 3 nitrogen and oxygen atoms in total. The van der Waals surface area contributed by atoms with Crippen LogP contribution in [-0.4, -0.2) is 30.5 Å². The van der Waals surface area contributed by atoms with E-state index in [1.807, 2.05) is 6.07 Å². The van der Waals surface area contributed by atoms with Gasteiger partial charge in [0.1, 0.15) is 0 Å². The van der Waals surface area contributed by atoms with Gasteiger partial charge >= 0.3 is 5.97 Å². The van der Waals surface area contributed by atoms with Crippen molar-refractivity contribution in [3.8, 4) is 0 Å². The molecular weight excluding hydrogens is 264 g/mol. The van der Waals surface area contributed by atoms with Gasteiger partial charge < -0.3 is 4.84 Å². The first-order valence-corrected chi connectivity index (χ1v) is 6.94. The van der Waals surface area contributed by atoms with Gasteiger partial charge in [-0.15, -0.1) is 5.06 Å². The fourth-order valence-electron chi connectivity index (χ4n) is 3.33. The fraction of sp³-hybridized carbons (Fsp3) is 0.533. The lowest BCUT2D eigenvalue weighted by Gasteiger charge is -2.17. The SMILES string of the molecule is O=C(ON1CC2CC(C(F)F)CC2C1)c1ccccc1. The van der Waals surface area contributed by atoms with Crippen LogP contribution in [0.5, 0.6) is 0 Å². The molecule has 1 aliphatic carbocycles. The second-order valence-corrected chi connectivity index (χ2v) is 5.68. The Balaban J connectivity index is 1.54. The van der Waals surface area contributed by atoms with Gasteiger partial charge in [0.05, 0.1) is 5.56 Å². The number of rotatable bonds is 3. The van der Waals surface area contributed by atoms with E-state index >= 15 is 0 Å². The molecule has 1 heterocycles. The van der Waals surface area contributed by atoms with Crippen molar-refractivity contribution in [3.63, 3.8) is 0 Å². The molecule has 0 spiro atoms. The van der Waals surface area contributed by atoms with Gasteiger partial charge in [0.2, 0.25) is 6.43 Å². The van der Waals surface area contributed by atoms with Crippen LogP contribution in [0.1, 0.15) is 23.2 Å². The molecule has 0 bridgehead atoms. The molecule has 2 aliphatic rings. The van der Waals surface area contributed by atoms with Crippen molar-refractivity contribution in [2.24, 2.45) is 17.8 Å². The minimum Gasteiger partial charge on any atom is -0.364 e. The van der Waals surface area contributed by atoms with E-state index in [0.29, 0.717) is 31.5 Å². The van der Waals surface area contributed by atoms with Crippen molar-refractivity contribution in [1.29, 1.82) is 0 Å². The minimum absolute atomic E-state index is 0.234. The van der Waals surface area contributed by atoms with Crippen LogP contribution >= 0.6 is 0 Å². The van der Waals surface area contributed by atoms with Crippen LogP contribution in [-0.2, 0) is 4.84 Å². The van der Waals surface area contributed by atoms with Gasteiger partial charge in [0.15, 0.2) is 0 Å². The van der Waals surface area contributed by atoms with E-state index in [0.717, 1.165) is 0 Å². The first kappa shape index (κ1) is 13.5. The summed E-state index contributed by atoms with van der Waals surface area (Å²) in [5.41, 5.74) is 0.509. The van der Waals surface area contributed by atoms with Gasteiger partial charge in [-0.25, -0.2) is 13.6 Å². The Kier molecular flexibility index (Phi) is 3.70. The largest absolute Gasteiger partial charge is 0.364 e. The Bertz CT molecular complexity index is 466. The van der Waals surface area contributed by atoms with E-state index < -0.39 is 12.3 Å². The quantitative estimate of drug-likeness (QED) is 0.853. The summed E-state index contributed by atoms with van der Waals surface area (Å²) in [5, 5.41) is 1.63. The molecular formula is C15H17F2NO2. The summed E-state index contributed by atoms with van der Waals surface area (Å²) in [6.45, 7) is 1.15. The standard InChI is InChI=1S/C15H17F2NO2/c16-14(17)11-6-12-8-18(9-13(12)7-11)20-15(19)10-4-2-1-3-5-10/h1-5,11-14H,6-9H2. The van der Waals surface area contributed by atoms with Crippen LogP contribution < -0.4 is 0 Å². The lowest BCUT2D eigenvalue weighted by molar-refractivity contribution is -0.0997. The average Bonchev–Trinajstić information content (AvgIpc) is 2.97. The first-order valence-electron chi connectivity index (χ1n) is 6.94. The van der Waals surface area contributed by atoms with Crippen molar-refractivity contribution in [1.82, 2.24) is 5.06 Å². The summed E-state index contributed by atoms with van der Waals surface area (Å²) < 4.78 is 25.4. The van der Waals surface area contributed by atoms with Crippen LogP contribution in [0.2, 0.25) is 0 Å². The summed E-state index contributed by atoms with van der Waals surface area (Å²) >= 11 is 0. The van der Waals surface area contributed by atoms with Crippen LogP contribution in [0.3, 0.4) is 0 Å². The smallest absolute Gasteiger partial charge is 0.357 e. The third-order valence-electron chi connectivity index (χ3n) is 4.33. The highest BCUT2D eigenvalue weighted by molar-refractivity contribution is 5.89. The number of hydrogen-bond acceptors (Lipinski definition) is 3. The van der Waals surface area contributed by atoms with Gasteiger partial charge in [-0.05, 0) is 36.8 Å². The van der Waals surface area contributed by atoms with Crippen molar-refractivity contribution < 1.29 is 18.4 Å². The second kappa shape index (κ2) is 5.48. The maximum absolute atomic E-state index is 12.7. The third-order valence-corrected chi connectivity index (χ3v) is 4.33. The minimum atomic E-state index is -2.22. The number of carbonyl (C=O) groups excluding carboxylic acids is 1. The predicted octanol–water partition coefficient (Wildman–Crippen LogP) is 2.98. The third kappa shape index (κ3) is 2.68. The van der Waals surface area contributed by atoms with Gasteiger partial charge in [0, 0.05) is 19.0 Å². The zero-order chi connectivity index (χ0) is 14.1. The van der Waals surface area contributed by atoms with Crippen LogP contribution in [0.25, 0.3) is 0 Å². The van der Waals surface area contributed by atoms with E-state index in [9.17, 15) is 13.6 Å². The molecule has 1 aromatic rings. The Labute approximate surface area is 116 Å². The number of benzene rings is 1. The number of fused-ring (bicyclic) bond motifs is 1. The number of carbonyl (C=O) groups is 1. The lowest BCUT2D eigenvalue weighted by Crippen LogP contribution is -2.27. The van der Waals surface area contributed by atoms with Gasteiger partial charge in [-0.2, -0.15) is 0 Å². The molecule has 1 saturated carbocycles. The molecule has 1 aliphatic heterocycles. The molecule has 2 atom stereocenters. The van der Waals surface area contributed by atoms with Crippen LogP contribution in [0, 0.1) is 17.8 Å². The summed E-state index contributed by atoms with van der Waals surface area (Å²) in [5.74, 6) is -0.386. The monoisotopic (exact) mass is 281 g/mol. The highest BCUT2D eigenvalue weighted by Crippen LogP contribution is 2.43. The Morgan fingerprint density at radius 1 is 1.15 bits per heavy atom. The van der Waals surface area contributed by atoms with Crippen molar-refractivity contribution in [2.75, 3.05) is 13.1 Å². The first-order chi connectivity index (χ1) is 9.63. The number of hydroxylamine groups is 2. The molecule has 2 fully saturated rings. The Morgan fingerprint density at radius 3 is 2.30 bits per heavy atom. The molecule has 5 heteroatoms. The van der Waals surface area contributed by atoms with Crippen molar-refractivity contribution >= 4 is 5.97 Å². The van der Waals surface area contributed by atoms with Gasteiger partial charge in [-0.1, -0.05) is 18.2 Å². The topological polar surface area (TPSA) is 29.5 Å². The Hall–Kier alpha value is -1.49. The van der Waals surface area contributed by atoms with Crippen LogP contribution in [0.4, 0.5) is 8.78 Å². The normalized spacial score (nSPS) is 29.6. The molecule has 0 N–H and O–H groups in total. The molecule has 0 amide bonds. The maximum atomic E-state index is 12.7. The molecule has 1 aromatic carbocycles. The second-order valence-electron chi connectivity index (χ2n) is 5.68. The number of halogens is 2. The van der Waals surface area contributed by atoms with Crippen molar-refractivity contribution in [3.05, 3.63) is 35.9 Å². The van der Waals surface area contributed by atoms with E-state index in [2.05, 4.69) is 0 Å². The molecule has 3 rings (SSSR count). The van der Waals surface area contributed by atoms with E-state index in [1.54, 1.807) is 29.3 Å². The van der Waals surface area contributed by atoms with Crippen LogP contribution in [0.15, 0.2) is 30.3 Å². The zero-order valence-corrected chi connectivity index (χ0v) is 11.0. The van der Waals surface area contributed by atoms with E-state index in [4.69, 9.17) is 4.84 Å². The number of alkyl halides is 2. The molecule has 20 heavy (non-hydrogen) atoms. The summed E-state index contributed by atoms with van der Waals surface area (Å²) in [6.07, 6.45) is -1.13. The molecule has 1 saturated heterocycles. The Morgan fingerprint density at radius 2 is 1.75 bits per heavy atom. The van der Waals surface area contributed by atoms with Crippen molar-refractivity contribution in [2.45, 2.75) is 19.3 Å². The average molecular weight is 281 g/mol. The van der Waals surface area contributed by atoms with Gasteiger partial charge in [0.25, 0.3) is 0 Å². The maximum Gasteiger partial charge on any atom is 0.357 e. The summed E-state index contributed by atoms with van der Waals surface area (Å²) in [7, 11) is 0. The fourth-order valence-corrected chi connectivity index (χ4v) is 3.33. The molecule has 0 aromatic heterocycles. The predicted molar refractivity (Wildman–Crippen MR) is 69.1 cm³/mol. The number of nitrogens with zero attached hydrogens (tertiary/aromatic N) is 1. The summed E-state index contributed by atoms with van der Waals surface area (Å²) in [6, 6.07) is 8.80. The number of hydrogen-bond donors (Lipinski definition) is 0. The van der Waals surface area contributed by atoms with E-state index in [-0.39, 0.29) is 17.8 Å². The van der Waals surface area contributed by atoms with E-state index in [1.165, 1.54) is 0 Å². The highest BCUT2D eigenvalue weighted by atomic mass is 19.3. The molecule has 108 valence electrons. The molecule has 0 radical (unpaired) electrons. The lowest BCUT2D eigenvalue weighted by atomic mass is 10.0. The van der Waals surface area contributed by atoms with Gasteiger partial charge in [-0.3, -0.25) is 0 Å². The highest BCUT2D eigenvalue weighted by Gasteiger charge is 2.44.